The second kappa shape index (κ2) is 6.18. The molecular formula is C12H18ClNO2. The molecule has 1 aromatic heterocycles. The number of rotatable bonds is 6. The molecule has 0 fully saturated rings. The number of methoxy groups -OCH3 is 1. The summed E-state index contributed by atoms with van der Waals surface area (Å²) in [6.07, 6.45) is 2.53. The Morgan fingerprint density at radius 2 is 2.19 bits per heavy atom. The Morgan fingerprint density at radius 3 is 2.81 bits per heavy atom. The van der Waals surface area contributed by atoms with Crippen molar-refractivity contribution in [2.24, 2.45) is 0 Å². The van der Waals surface area contributed by atoms with Crippen LogP contribution in [0.5, 0.6) is 0 Å². The van der Waals surface area contributed by atoms with Crippen LogP contribution in [-0.4, -0.2) is 24.3 Å². The van der Waals surface area contributed by atoms with Crippen LogP contribution in [0.4, 0.5) is 0 Å². The van der Waals surface area contributed by atoms with Crippen molar-refractivity contribution in [1.29, 1.82) is 0 Å². The average molecular weight is 244 g/mol. The topological polar surface area (TPSA) is 31.4 Å². The molecule has 0 aliphatic heterocycles. The molecule has 0 amide bonds. The summed E-state index contributed by atoms with van der Waals surface area (Å²) < 4.78 is 10.8. The molecule has 1 rings (SSSR count). The van der Waals surface area contributed by atoms with Gasteiger partial charge >= 0.3 is 0 Å². The van der Waals surface area contributed by atoms with E-state index < -0.39 is 0 Å². The minimum absolute atomic E-state index is 0.137. The summed E-state index contributed by atoms with van der Waals surface area (Å²) in [5, 5.41) is 0.686. The van der Waals surface area contributed by atoms with Crippen molar-refractivity contribution in [2.75, 3.05) is 13.7 Å². The van der Waals surface area contributed by atoms with E-state index in [2.05, 4.69) is 4.98 Å². The lowest BCUT2D eigenvalue weighted by atomic mass is 10.1. The molecule has 0 radical (unpaired) electrons. The third kappa shape index (κ3) is 4.92. The van der Waals surface area contributed by atoms with E-state index >= 15 is 0 Å². The summed E-state index contributed by atoms with van der Waals surface area (Å²) in [6, 6.07) is 3.56. The number of halogens is 1. The lowest BCUT2D eigenvalue weighted by Gasteiger charge is -2.22. The molecule has 0 saturated carbocycles. The summed E-state index contributed by atoms with van der Waals surface area (Å²) in [5.41, 5.74) is 0.713. The Hall–Kier alpha value is -0.640. The highest BCUT2D eigenvalue weighted by Crippen LogP contribution is 2.13. The number of hydrogen-bond donors (Lipinski definition) is 0. The van der Waals surface area contributed by atoms with Gasteiger partial charge in [-0.05, 0) is 32.4 Å². The minimum atomic E-state index is -0.137. The SMILES string of the molecule is COC(C)(C)CCOCc1cc(Cl)ccn1. The number of aromatic nitrogens is 1. The maximum atomic E-state index is 5.84. The third-order valence-corrected chi connectivity index (χ3v) is 2.66. The maximum absolute atomic E-state index is 5.84. The van der Waals surface area contributed by atoms with Gasteiger partial charge in [0.25, 0.3) is 0 Å². The van der Waals surface area contributed by atoms with Gasteiger partial charge in [0.15, 0.2) is 0 Å². The predicted molar refractivity (Wildman–Crippen MR) is 64.6 cm³/mol. The van der Waals surface area contributed by atoms with Crippen LogP contribution in [0.2, 0.25) is 5.02 Å². The Labute approximate surface area is 102 Å². The quantitative estimate of drug-likeness (QED) is 0.720. The van der Waals surface area contributed by atoms with Gasteiger partial charge in [0.05, 0.1) is 17.9 Å². The van der Waals surface area contributed by atoms with Gasteiger partial charge in [-0.2, -0.15) is 0 Å². The van der Waals surface area contributed by atoms with Crippen molar-refractivity contribution in [3.05, 3.63) is 29.0 Å². The normalized spacial score (nSPS) is 11.8. The van der Waals surface area contributed by atoms with Gasteiger partial charge in [-0.3, -0.25) is 4.98 Å². The van der Waals surface area contributed by atoms with Crippen molar-refractivity contribution < 1.29 is 9.47 Å². The first-order chi connectivity index (χ1) is 7.53. The Balaban J connectivity index is 2.26. The van der Waals surface area contributed by atoms with Crippen LogP contribution in [0.25, 0.3) is 0 Å². The molecule has 1 heterocycles. The number of hydrogen-bond acceptors (Lipinski definition) is 3. The summed E-state index contributed by atoms with van der Waals surface area (Å²) in [6.45, 7) is 5.21. The van der Waals surface area contributed by atoms with E-state index in [1.165, 1.54) is 0 Å². The zero-order chi connectivity index (χ0) is 12.0. The van der Waals surface area contributed by atoms with E-state index in [1.807, 2.05) is 19.9 Å². The molecule has 0 aliphatic carbocycles. The van der Waals surface area contributed by atoms with Gasteiger partial charge in [0.1, 0.15) is 0 Å². The smallest absolute Gasteiger partial charge is 0.0888 e. The first-order valence-corrected chi connectivity index (χ1v) is 5.64. The zero-order valence-corrected chi connectivity index (χ0v) is 10.8. The molecule has 4 heteroatoms. The molecule has 0 atom stereocenters. The van der Waals surface area contributed by atoms with Gasteiger partial charge in [-0.15, -0.1) is 0 Å². The fraction of sp³-hybridized carbons (Fsp3) is 0.583. The number of pyridine rings is 1. The first kappa shape index (κ1) is 13.4. The minimum Gasteiger partial charge on any atom is -0.379 e. The van der Waals surface area contributed by atoms with Gasteiger partial charge in [0, 0.05) is 24.9 Å². The van der Waals surface area contributed by atoms with Crippen molar-refractivity contribution in [2.45, 2.75) is 32.5 Å². The zero-order valence-electron chi connectivity index (χ0n) is 10.00. The molecule has 0 bridgehead atoms. The summed E-state index contributed by atoms with van der Waals surface area (Å²) in [4.78, 5) is 4.15. The predicted octanol–water partition coefficient (Wildman–Crippen LogP) is 3.07. The summed E-state index contributed by atoms with van der Waals surface area (Å²) >= 11 is 5.84. The second-order valence-electron chi connectivity index (χ2n) is 4.23. The number of nitrogens with zero attached hydrogens (tertiary/aromatic N) is 1. The highest BCUT2D eigenvalue weighted by Gasteiger charge is 2.15. The molecule has 90 valence electrons. The van der Waals surface area contributed by atoms with Gasteiger partial charge in [0.2, 0.25) is 0 Å². The summed E-state index contributed by atoms with van der Waals surface area (Å²) in [7, 11) is 1.71. The van der Waals surface area contributed by atoms with Gasteiger partial charge in [-0.1, -0.05) is 11.6 Å². The Bertz CT molecular complexity index is 329. The van der Waals surface area contributed by atoms with E-state index in [0.29, 0.717) is 18.2 Å². The molecule has 0 unspecified atom stereocenters. The highest BCUT2D eigenvalue weighted by molar-refractivity contribution is 6.30. The van der Waals surface area contributed by atoms with E-state index in [4.69, 9.17) is 21.1 Å². The van der Waals surface area contributed by atoms with Crippen LogP contribution in [0.3, 0.4) is 0 Å². The van der Waals surface area contributed by atoms with Crippen molar-refractivity contribution in [3.63, 3.8) is 0 Å². The molecule has 0 aliphatic rings. The maximum Gasteiger partial charge on any atom is 0.0888 e. The fourth-order valence-electron chi connectivity index (χ4n) is 1.12. The second-order valence-corrected chi connectivity index (χ2v) is 4.67. The van der Waals surface area contributed by atoms with Crippen LogP contribution in [-0.2, 0) is 16.1 Å². The Morgan fingerprint density at radius 1 is 1.44 bits per heavy atom. The van der Waals surface area contributed by atoms with Gasteiger partial charge < -0.3 is 9.47 Å². The Kier molecular flexibility index (Phi) is 5.19. The highest BCUT2D eigenvalue weighted by atomic mass is 35.5. The van der Waals surface area contributed by atoms with E-state index in [0.717, 1.165) is 12.1 Å². The lowest BCUT2D eigenvalue weighted by Crippen LogP contribution is -2.24. The number of ether oxygens (including phenoxy) is 2. The van der Waals surface area contributed by atoms with Gasteiger partial charge in [-0.25, -0.2) is 0 Å². The largest absolute Gasteiger partial charge is 0.379 e. The van der Waals surface area contributed by atoms with Crippen LogP contribution in [0.15, 0.2) is 18.3 Å². The van der Waals surface area contributed by atoms with E-state index in [-0.39, 0.29) is 5.60 Å². The van der Waals surface area contributed by atoms with Crippen LogP contribution in [0.1, 0.15) is 26.0 Å². The molecule has 0 saturated heterocycles. The van der Waals surface area contributed by atoms with E-state index in [9.17, 15) is 0 Å². The average Bonchev–Trinajstić information content (AvgIpc) is 2.25. The molecule has 0 spiro atoms. The van der Waals surface area contributed by atoms with Crippen LogP contribution in [0, 0.1) is 0 Å². The molecule has 16 heavy (non-hydrogen) atoms. The monoisotopic (exact) mass is 243 g/mol. The molecule has 3 nitrogen and oxygen atoms in total. The lowest BCUT2D eigenvalue weighted by molar-refractivity contribution is -0.0128. The van der Waals surface area contributed by atoms with E-state index in [1.54, 1.807) is 19.4 Å². The summed E-state index contributed by atoms with van der Waals surface area (Å²) in [5.74, 6) is 0. The fourth-order valence-corrected chi connectivity index (χ4v) is 1.31. The van der Waals surface area contributed by atoms with Crippen LogP contribution < -0.4 is 0 Å². The van der Waals surface area contributed by atoms with Crippen LogP contribution >= 0.6 is 11.6 Å². The van der Waals surface area contributed by atoms with Crippen molar-refractivity contribution >= 4 is 11.6 Å². The third-order valence-electron chi connectivity index (χ3n) is 2.43. The molecule has 0 aromatic carbocycles. The molecular weight excluding hydrogens is 226 g/mol. The van der Waals surface area contributed by atoms with Crippen molar-refractivity contribution in [1.82, 2.24) is 4.98 Å². The van der Waals surface area contributed by atoms with Crippen molar-refractivity contribution in [3.8, 4) is 0 Å². The molecule has 1 aromatic rings. The first-order valence-electron chi connectivity index (χ1n) is 5.27. The standard InChI is InChI=1S/C12H18ClNO2/c1-12(2,15-3)5-7-16-9-11-8-10(13)4-6-14-11/h4,6,8H,5,7,9H2,1-3H3. The molecule has 0 N–H and O–H groups in total.